The predicted molar refractivity (Wildman–Crippen MR) is 87.5 cm³/mol. The molecular formula is C16H29N5. The van der Waals surface area contributed by atoms with Gasteiger partial charge in [-0.2, -0.15) is 0 Å². The SMILES string of the molecule is CN(Cc1cnc(N(C)C)nc1)CC1CCN(C)C1(C)C. The van der Waals surface area contributed by atoms with E-state index >= 15 is 0 Å². The summed E-state index contributed by atoms with van der Waals surface area (Å²) in [6, 6.07) is 0. The van der Waals surface area contributed by atoms with Crippen LogP contribution in [-0.2, 0) is 6.54 Å². The molecular weight excluding hydrogens is 262 g/mol. The van der Waals surface area contributed by atoms with Gasteiger partial charge in [-0.1, -0.05) is 0 Å². The summed E-state index contributed by atoms with van der Waals surface area (Å²) in [6.45, 7) is 7.93. The van der Waals surface area contributed by atoms with Crippen molar-refractivity contribution in [2.75, 3.05) is 46.2 Å². The van der Waals surface area contributed by atoms with Crippen molar-refractivity contribution in [2.45, 2.75) is 32.4 Å². The van der Waals surface area contributed by atoms with Gasteiger partial charge in [0.2, 0.25) is 5.95 Å². The monoisotopic (exact) mass is 291 g/mol. The van der Waals surface area contributed by atoms with Crippen molar-refractivity contribution in [1.29, 1.82) is 0 Å². The largest absolute Gasteiger partial charge is 0.347 e. The number of likely N-dealkylation sites (tertiary alicyclic amines) is 1. The first-order chi connectivity index (χ1) is 9.80. The van der Waals surface area contributed by atoms with Gasteiger partial charge < -0.3 is 14.7 Å². The average Bonchev–Trinajstić information content (AvgIpc) is 2.66. The fourth-order valence-corrected chi connectivity index (χ4v) is 3.03. The fourth-order valence-electron chi connectivity index (χ4n) is 3.03. The van der Waals surface area contributed by atoms with E-state index in [9.17, 15) is 0 Å². The van der Waals surface area contributed by atoms with Crippen LogP contribution in [0, 0.1) is 5.92 Å². The van der Waals surface area contributed by atoms with Gasteiger partial charge in [-0.15, -0.1) is 0 Å². The molecule has 118 valence electrons. The number of hydrogen-bond donors (Lipinski definition) is 0. The maximum absolute atomic E-state index is 4.38. The first-order valence-corrected chi connectivity index (χ1v) is 7.68. The molecule has 5 nitrogen and oxygen atoms in total. The molecule has 0 radical (unpaired) electrons. The maximum atomic E-state index is 4.38. The summed E-state index contributed by atoms with van der Waals surface area (Å²) < 4.78 is 0. The fraction of sp³-hybridized carbons (Fsp3) is 0.750. The van der Waals surface area contributed by atoms with E-state index in [1.807, 2.05) is 31.4 Å². The zero-order chi connectivity index (χ0) is 15.6. The molecule has 2 rings (SSSR count). The Hall–Kier alpha value is -1.20. The summed E-state index contributed by atoms with van der Waals surface area (Å²) >= 11 is 0. The van der Waals surface area contributed by atoms with Gasteiger partial charge >= 0.3 is 0 Å². The van der Waals surface area contributed by atoms with E-state index in [-0.39, 0.29) is 0 Å². The third kappa shape index (κ3) is 3.71. The van der Waals surface area contributed by atoms with E-state index in [1.165, 1.54) is 18.5 Å². The quantitative estimate of drug-likeness (QED) is 0.825. The Bertz CT molecular complexity index is 454. The summed E-state index contributed by atoms with van der Waals surface area (Å²) in [5, 5.41) is 0. The van der Waals surface area contributed by atoms with Gasteiger partial charge in [0.05, 0.1) is 0 Å². The molecule has 0 N–H and O–H groups in total. The number of nitrogens with zero attached hydrogens (tertiary/aromatic N) is 5. The Balaban J connectivity index is 1.91. The van der Waals surface area contributed by atoms with E-state index in [1.54, 1.807) is 0 Å². The van der Waals surface area contributed by atoms with Crippen molar-refractivity contribution in [3.63, 3.8) is 0 Å². The number of rotatable bonds is 5. The maximum Gasteiger partial charge on any atom is 0.224 e. The molecule has 1 aromatic rings. The molecule has 0 spiro atoms. The van der Waals surface area contributed by atoms with Crippen LogP contribution in [0.2, 0.25) is 0 Å². The lowest BCUT2D eigenvalue weighted by molar-refractivity contribution is 0.140. The second-order valence-electron chi connectivity index (χ2n) is 7.04. The van der Waals surface area contributed by atoms with Crippen LogP contribution in [0.25, 0.3) is 0 Å². The van der Waals surface area contributed by atoms with Crippen LogP contribution in [0.3, 0.4) is 0 Å². The third-order valence-electron chi connectivity index (χ3n) is 4.87. The van der Waals surface area contributed by atoms with Crippen LogP contribution in [0.1, 0.15) is 25.8 Å². The van der Waals surface area contributed by atoms with Crippen LogP contribution in [0.4, 0.5) is 5.95 Å². The minimum absolute atomic E-state index is 0.291. The zero-order valence-electron chi connectivity index (χ0n) is 14.3. The molecule has 0 bridgehead atoms. The molecule has 1 aliphatic rings. The van der Waals surface area contributed by atoms with Crippen molar-refractivity contribution in [1.82, 2.24) is 19.8 Å². The molecule has 1 aliphatic heterocycles. The van der Waals surface area contributed by atoms with Gasteiger partial charge in [0.15, 0.2) is 0 Å². The Morgan fingerprint density at radius 3 is 2.33 bits per heavy atom. The summed E-state index contributed by atoms with van der Waals surface area (Å²) in [5.41, 5.74) is 1.46. The first kappa shape index (κ1) is 16.2. The van der Waals surface area contributed by atoms with Crippen molar-refractivity contribution < 1.29 is 0 Å². The predicted octanol–water partition coefficient (Wildman–Crippen LogP) is 1.70. The number of anilines is 1. The molecule has 0 aliphatic carbocycles. The Morgan fingerprint density at radius 1 is 1.24 bits per heavy atom. The van der Waals surface area contributed by atoms with Crippen LogP contribution < -0.4 is 4.90 Å². The zero-order valence-corrected chi connectivity index (χ0v) is 14.3. The molecule has 2 heterocycles. The number of hydrogen-bond acceptors (Lipinski definition) is 5. The highest BCUT2D eigenvalue weighted by molar-refractivity contribution is 5.26. The smallest absolute Gasteiger partial charge is 0.224 e. The van der Waals surface area contributed by atoms with Crippen molar-refractivity contribution in [3.05, 3.63) is 18.0 Å². The first-order valence-electron chi connectivity index (χ1n) is 7.68. The molecule has 5 heteroatoms. The molecule has 21 heavy (non-hydrogen) atoms. The Morgan fingerprint density at radius 2 is 1.86 bits per heavy atom. The molecule has 1 aromatic heterocycles. The molecule has 0 aromatic carbocycles. The molecule has 1 unspecified atom stereocenters. The van der Waals surface area contributed by atoms with E-state index in [0.29, 0.717) is 5.54 Å². The highest BCUT2D eigenvalue weighted by atomic mass is 15.2. The highest BCUT2D eigenvalue weighted by Gasteiger charge is 2.39. The second kappa shape index (κ2) is 6.28. The van der Waals surface area contributed by atoms with E-state index < -0.39 is 0 Å². The molecule has 0 amide bonds. The Labute approximate surface area is 129 Å². The van der Waals surface area contributed by atoms with E-state index in [0.717, 1.165) is 25.0 Å². The lowest BCUT2D eigenvalue weighted by Crippen LogP contribution is -2.43. The standard InChI is InChI=1S/C16H29N5/c1-16(2)14(7-8-21(16)6)12-20(5)11-13-9-17-15(18-10-13)19(3)4/h9-10,14H,7-8,11-12H2,1-6H3. The van der Waals surface area contributed by atoms with E-state index in [4.69, 9.17) is 0 Å². The van der Waals surface area contributed by atoms with Crippen LogP contribution >= 0.6 is 0 Å². The Kier molecular flexibility index (Phi) is 4.84. The van der Waals surface area contributed by atoms with Gasteiger partial charge in [-0.25, -0.2) is 9.97 Å². The number of aromatic nitrogens is 2. The second-order valence-corrected chi connectivity index (χ2v) is 7.04. The molecule has 1 atom stereocenters. The van der Waals surface area contributed by atoms with Crippen molar-refractivity contribution in [3.8, 4) is 0 Å². The topological polar surface area (TPSA) is 35.5 Å². The minimum Gasteiger partial charge on any atom is -0.347 e. The van der Waals surface area contributed by atoms with Gasteiger partial charge in [0, 0.05) is 50.7 Å². The molecule has 1 saturated heterocycles. The van der Waals surface area contributed by atoms with Crippen molar-refractivity contribution >= 4 is 5.95 Å². The van der Waals surface area contributed by atoms with Gasteiger partial charge in [-0.3, -0.25) is 0 Å². The molecule has 0 saturated carbocycles. The lowest BCUT2D eigenvalue weighted by Gasteiger charge is -2.35. The molecule has 1 fully saturated rings. The highest BCUT2D eigenvalue weighted by Crippen LogP contribution is 2.33. The van der Waals surface area contributed by atoms with Crippen LogP contribution in [0.15, 0.2) is 12.4 Å². The lowest BCUT2D eigenvalue weighted by atomic mass is 9.88. The summed E-state index contributed by atoms with van der Waals surface area (Å²) in [7, 11) is 8.34. The third-order valence-corrected chi connectivity index (χ3v) is 4.87. The minimum atomic E-state index is 0.291. The van der Waals surface area contributed by atoms with Gasteiger partial charge in [0.1, 0.15) is 0 Å². The normalized spacial score (nSPS) is 22.0. The van der Waals surface area contributed by atoms with E-state index in [2.05, 4.69) is 47.7 Å². The summed E-state index contributed by atoms with van der Waals surface area (Å²) in [5.74, 6) is 1.48. The van der Waals surface area contributed by atoms with Gasteiger partial charge in [0.25, 0.3) is 0 Å². The van der Waals surface area contributed by atoms with Crippen LogP contribution in [-0.4, -0.2) is 66.6 Å². The summed E-state index contributed by atoms with van der Waals surface area (Å²) in [6.07, 6.45) is 5.15. The average molecular weight is 291 g/mol. The van der Waals surface area contributed by atoms with Crippen molar-refractivity contribution in [2.24, 2.45) is 5.92 Å². The summed E-state index contributed by atoms with van der Waals surface area (Å²) in [4.78, 5) is 15.5. The van der Waals surface area contributed by atoms with Crippen LogP contribution in [0.5, 0.6) is 0 Å². The van der Waals surface area contributed by atoms with Gasteiger partial charge in [-0.05, 0) is 46.8 Å².